The Morgan fingerprint density at radius 3 is 2.42 bits per heavy atom. The number of aryl methyl sites for hydroxylation is 2. The van der Waals surface area contributed by atoms with E-state index in [1.165, 1.54) is 31.2 Å². The van der Waals surface area contributed by atoms with Crippen molar-refractivity contribution >= 4 is 5.91 Å². The first-order valence-corrected chi connectivity index (χ1v) is 12.0. The van der Waals surface area contributed by atoms with Crippen molar-refractivity contribution in [1.82, 2.24) is 15.5 Å². The predicted molar refractivity (Wildman–Crippen MR) is 125 cm³/mol. The fourth-order valence-corrected chi connectivity index (χ4v) is 6.55. The summed E-state index contributed by atoms with van der Waals surface area (Å²) < 4.78 is 0. The lowest BCUT2D eigenvalue weighted by atomic mass is 9.78. The van der Waals surface area contributed by atoms with Crippen molar-refractivity contribution in [2.45, 2.75) is 76.0 Å². The summed E-state index contributed by atoms with van der Waals surface area (Å²) in [5, 5.41) is 7.25. The van der Waals surface area contributed by atoms with Gasteiger partial charge in [-0.1, -0.05) is 48.5 Å². The highest BCUT2D eigenvalue weighted by atomic mass is 16.1. The molecular weight excluding hydrogens is 382 g/mol. The highest BCUT2D eigenvalue weighted by Crippen LogP contribution is 2.53. The largest absolute Gasteiger partial charge is 0.343 e. The average Bonchev–Trinajstić information content (AvgIpc) is 3.50. The van der Waals surface area contributed by atoms with E-state index in [4.69, 9.17) is 0 Å². The zero-order valence-corrected chi connectivity index (χ0v) is 18.9. The molecule has 2 bridgehead atoms. The van der Waals surface area contributed by atoms with Gasteiger partial charge in [0.05, 0.1) is 6.04 Å². The van der Waals surface area contributed by atoms with E-state index in [9.17, 15) is 4.79 Å². The van der Waals surface area contributed by atoms with Crippen molar-refractivity contribution in [2.75, 3.05) is 13.1 Å². The number of hydrogen-bond acceptors (Lipinski definition) is 3. The summed E-state index contributed by atoms with van der Waals surface area (Å²) in [5.74, 6) is 0.0631. The Morgan fingerprint density at radius 1 is 1.06 bits per heavy atom. The fraction of sp³-hybridized carbons (Fsp3) is 0.519. The van der Waals surface area contributed by atoms with Crippen LogP contribution in [0, 0.1) is 13.8 Å². The van der Waals surface area contributed by atoms with Gasteiger partial charge in [-0.15, -0.1) is 0 Å². The zero-order chi connectivity index (χ0) is 21.4. The number of nitrogens with zero attached hydrogens (tertiary/aromatic N) is 1. The van der Waals surface area contributed by atoms with Crippen LogP contribution >= 0.6 is 0 Å². The minimum atomic E-state index is 0.00843. The molecule has 2 N–H and O–H groups in total. The zero-order valence-electron chi connectivity index (χ0n) is 18.9. The fourth-order valence-electron chi connectivity index (χ4n) is 6.55. The molecular formula is C27H35N3O. The molecule has 2 aromatic rings. The van der Waals surface area contributed by atoms with Crippen LogP contribution in [0.4, 0.5) is 0 Å². The molecule has 0 saturated carbocycles. The standard InChI is InChI=1S/C27H35N3O/c1-19-8-6-9-20(2)24(19)26(31)29-25(21-10-4-3-5-11-21)27-15-13-23(14-16-27)30(27)18-22-12-7-17-28-22/h3-6,8-11,22-23,25,28H,7,12-18H2,1-2H3,(H,29,31). The third-order valence-electron chi connectivity index (χ3n) is 8.07. The predicted octanol–water partition coefficient (Wildman–Crippen LogP) is 4.52. The maximum Gasteiger partial charge on any atom is 0.252 e. The molecule has 4 heteroatoms. The quantitative estimate of drug-likeness (QED) is 0.726. The van der Waals surface area contributed by atoms with Crippen molar-refractivity contribution in [3.8, 4) is 0 Å². The van der Waals surface area contributed by atoms with Crippen molar-refractivity contribution in [3.05, 3.63) is 70.8 Å². The second-order valence-corrected chi connectivity index (χ2v) is 9.86. The molecule has 3 saturated heterocycles. The van der Waals surface area contributed by atoms with Gasteiger partial charge >= 0.3 is 0 Å². The second kappa shape index (κ2) is 8.40. The normalized spacial score (nSPS) is 28.7. The minimum absolute atomic E-state index is 0.00843. The number of carbonyl (C=O) groups is 1. The van der Waals surface area contributed by atoms with Gasteiger partial charge in [0.25, 0.3) is 5.91 Å². The third kappa shape index (κ3) is 3.70. The van der Waals surface area contributed by atoms with Gasteiger partial charge in [0.15, 0.2) is 0 Å². The Bertz CT molecular complexity index is 907. The van der Waals surface area contributed by atoms with Crippen LogP contribution in [0.3, 0.4) is 0 Å². The minimum Gasteiger partial charge on any atom is -0.343 e. The molecule has 5 rings (SSSR count). The number of rotatable bonds is 6. The highest BCUT2D eigenvalue weighted by molar-refractivity contribution is 5.97. The smallest absolute Gasteiger partial charge is 0.252 e. The second-order valence-electron chi connectivity index (χ2n) is 9.86. The molecule has 0 radical (unpaired) electrons. The summed E-state index contributed by atoms with van der Waals surface area (Å²) in [6.45, 7) is 6.32. The summed E-state index contributed by atoms with van der Waals surface area (Å²) in [6, 6.07) is 18.0. The summed E-state index contributed by atoms with van der Waals surface area (Å²) in [5.41, 5.74) is 4.17. The van der Waals surface area contributed by atoms with Crippen LogP contribution in [-0.4, -0.2) is 41.5 Å². The topological polar surface area (TPSA) is 44.4 Å². The van der Waals surface area contributed by atoms with Crippen molar-refractivity contribution in [3.63, 3.8) is 0 Å². The highest BCUT2D eigenvalue weighted by Gasteiger charge is 2.56. The van der Waals surface area contributed by atoms with Crippen LogP contribution < -0.4 is 10.6 Å². The number of nitrogens with one attached hydrogen (secondary N) is 2. The molecule has 4 nitrogen and oxygen atoms in total. The van der Waals surface area contributed by atoms with Gasteiger partial charge in [-0.2, -0.15) is 0 Å². The molecule has 2 aromatic carbocycles. The van der Waals surface area contributed by atoms with Crippen molar-refractivity contribution < 1.29 is 4.79 Å². The number of hydrogen-bond donors (Lipinski definition) is 2. The Morgan fingerprint density at radius 2 is 1.77 bits per heavy atom. The molecule has 2 atom stereocenters. The molecule has 3 heterocycles. The number of benzene rings is 2. The van der Waals surface area contributed by atoms with Crippen molar-refractivity contribution in [1.29, 1.82) is 0 Å². The Kier molecular flexibility index (Phi) is 5.61. The van der Waals surface area contributed by atoms with E-state index in [0.29, 0.717) is 12.1 Å². The summed E-state index contributed by atoms with van der Waals surface area (Å²) >= 11 is 0. The van der Waals surface area contributed by atoms with Crippen molar-refractivity contribution in [2.24, 2.45) is 0 Å². The molecule has 0 aliphatic carbocycles. The molecule has 0 spiro atoms. The number of carbonyl (C=O) groups excluding carboxylic acids is 1. The van der Waals surface area contributed by atoms with E-state index in [2.05, 4.69) is 45.9 Å². The molecule has 0 aromatic heterocycles. The maximum absolute atomic E-state index is 13.6. The lowest BCUT2D eigenvalue weighted by Crippen LogP contribution is -2.55. The maximum atomic E-state index is 13.6. The molecule has 31 heavy (non-hydrogen) atoms. The van der Waals surface area contributed by atoms with Gasteiger partial charge in [-0.25, -0.2) is 0 Å². The van der Waals surface area contributed by atoms with Crippen LogP contribution in [0.25, 0.3) is 0 Å². The van der Waals surface area contributed by atoms with E-state index in [1.54, 1.807) is 0 Å². The Hall–Kier alpha value is -2.17. The summed E-state index contributed by atoms with van der Waals surface area (Å²) in [6.07, 6.45) is 7.37. The van der Waals surface area contributed by atoms with E-state index >= 15 is 0 Å². The van der Waals surface area contributed by atoms with Gasteiger partial charge in [0.2, 0.25) is 0 Å². The van der Waals surface area contributed by atoms with E-state index in [0.717, 1.165) is 42.6 Å². The monoisotopic (exact) mass is 417 g/mol. The summed E-state index contributed by atoms with van der Waals surface area (Å²) in [7, 11) is 0. The van der Waals surface area contributed by atoms with Crippen LogP contribution in [-0.2, 0) is 0 Å². The Labute approximate surface area is 186 Å². The van der Waals surface area contributed by atoms with Gasteiger partial charge in [-0.3, -0.25) is 9.69 Å². The van der Waals surface area contributed by atoms with Gasteiger partial charge in [0.1, 0.15) is 0 Å². The molecule has 3 aliphatic rings. The van der Waals surface area contributed by atoms with Gasteiger partial charge in [-0.05, 0) is 75.6 Å². The molecule has 1 amide bonds. The van der Waals surface area contributed by atoms with Crippen LogP contribution in [0.15, 0.2) is 48.5 Å². The van der Waals surface area contributed by atoms with Crippen LogP contribution in [0.5, 0.6) is 0 Å². The summed E-state index contributed by atoms with van der Waals surface area (Å²) in [4.78, 5) is 16.4. The number of amides is 1. The van der Waals surface area contributed by atoms with Crippen LogP contribution in [0.1, 0.15) is 71.6 Å². The molecule has 2 unspecified atom stereocenters. The molecule has 164 valence electrons. The van der Waals surface area contributed by atoms with E-state index in [-0.39, 0.29) is 17.5 Å². The molecule has 3 aliphatic heterocycles. The first-order valence-electron chi connectivity index (χ1n) is 12.0. The first kappa shape index (κ1) is 20.7. The lowest BCUT2D eigenvalue weighted by molar-refractivity contribution is 0.0754. The molecule has 3 fully saturated rings. The van der Waals surface area contributed by atoms with Crippen LogP contribution in [0.2, 0.25) is 0 Å². The van der Waals surface area contributed by atoms with Gasteiger partial charge in [0, 0.05) is 29.7 Å². The lowest BCUT2D eigenvalue weighted by Gasteiger charge is -2.43. The average molecular weight is 418 g/mol. The first-order chi connectivity index (χ1) is 15.1. The Balaban J connectivity index is 1.50. The van der Waals surface area contributed by atoms with E-state index < -0.39 is 0 Å². The SMILES string of the molecule is Cc1cccc(C)c1C(=O)NC(c1ccccc1)C12CCC(CC1)N2CC1CCCN1. The third-order valence-corrected chi connectivity index (χ3v) is 8.07. The van der Waals surface area contributed by atoms with Gasteiger partial charge < -0.3 is 10.6 Å². The van der Waals surface area contributed by atoms with E-state index in [1.807, 2.05) is 32.0 Å². The number of fused-ring (bicyclic) bond motifs is 2.